The van der Waals surface area contributed by atoms with Gasteiger partial charge in [-0.05, 0) is 26.9 Å². The van der Waals surface area contributed by atoms with Gasteiger partial charge in [-0.25, -0.2) is 4.98 Å². The molecule has 0 aliphatic carbocycles. The average molecular weight is 252 g/mol. The molecular weight excluding hydrogens is 236 g/mol. The lowest BCUT2D eigenvalue weighted by molar-refractivity contribution is -0.385. The molecule has 2 rings (SSSR count). The number of nitrogens with one attached hydrogen (secondary N) is 1. The van der Waals surface area contributed by atoms with Crippen LogP contribution in [-0.2, 0) is 0 Å². The molecule has 1 atom stereocenters. The fourth-order valence-corrected chi connectivity index (χ4v) is 2.15. The highest BCUT2D eigenvalue weighted by atomic mass is 16.6. The van der Waals surface area contributed by atoms with Crippen LogP contribution in [0.4, 0.5) is 17.5 Å². The van der Waals surface area contributed by atoms with E-state index in [1.165, 1.54) is 0 Å². The highest BCUT2D eigenvalue weighted by Gasteiger charge is 2.26. The van der Waals surface area contributed by atoms with Crippen molar-refractivity contribution in [2.24, 2.45) is 0 Å². The summed E-state index contributed by atoms with van der Waals surface area (Å²) in [6, 6.07) is 0.155. The van der Waals surface area contributed by atoms with E-state index in [9.17, 15) is 10.1 Å². The molecule has 1 saturated heterocycles. The van der Waals surface area contributed by atoms with E-state index in [4.69, 9.17) is 5.73 Å². The smallest absolute Gasteiger partial charge is 0.332 e. The van der Waals surface area contributed by atoms with Gasteiger partial charge in [0.1, 0.15) is 5.69 Å². The number of nitrogen functional groups attached to an aromatic ring is 1. The van der Waals surface area contributed by atoms with Gasteiger partial charge in [0.05, 0.1) is 4.92 Å². The number of hydrogen-bond donors (Lipinski definition) is 2. The van der Waals surface area contributed by atoms with Crippen LogP contribution in [0.3, 0.4) is 0 Å². The van der Waals surface area contributed by atoms with Crippen molar-refractivity contribution >= 4 is 17.5 Å². The lowest BCUT2D eigenvalue weighted by Crippen LogP contribution is -2.25. The van der Waals surface area contributed by atoms with Crippen LogP contribution >= 0.6 is 0 Å². The maximum atomic E-state index is 11.0. The van der Waals surface area contributed by atoms with Gasteiger partial charge in [-0.2, -0.15) is 4.98 Å². The van der Waals surface area contributed by atoms with Crippen molar-refractivity contribution in [1.29, 1.82) is 0 Å². The standard InChI is InChI=1S/C10H16N6O2/c1-6-8(16(17)18)9(14-10(11)12-6)13-7-3-4-15(2)5-7/h7H,3-5H2,1-2H3,(H3,11,12,13,14). The highest BCUT2D eigenvalue weighted by Crippen LogP contribution is 2.27. The van der Waals surface area contributed by atoms with Gasteiger partial charge in [-0.15, -0.1) is 0 Å². The van der Waals surface area contributed by atoms with E-state index in [0.29, 0.717) is 0 Å². The minimum absolute atomic E-state index is 0.0481. The molecule has 1 aromatic heterocycles. The molecule has 0 bridgehead atoms. The Morgan fingerprint density at radius 3 is 2.83 bits per heavy atom. The minimum Gasteiger partial charge on any atom is -0.368 e. The predicted molar refractivity (Wildman–Crippen MR) is 67.4 cm³/mol. The molecule has 1 aliphatic heterocycles. The summed E-state index contributed by atoms with van der Waals surface area (Å²) in [5, 5.41) is 14.1. The summed E-state index contributed by atoms with van der Waals surface area (Å²) in [5.74, 6) is 0.261. The van der Waals surface area contributed by atoms with Gasteiger partial charge in [-0.1, -0.05) is 0 Å². The molecular formula is C10H16N6O2. The first-order valence-electron chi connectivity index (χ1n) is 5.71. The van der Waals surface area contributed by atoms with E-state index in [2.05, 4.69) is 20.2 Å². The molecule has 1 unspecified atom stereocenters. The maximum Gasteiger partial charge on any atom is 0.332 e. The number of nitrogens with zero attached hydrogens (tertiary/aromatic N) is 4. The van der Waals surface area contributed by atoms with Gasteiger partial charge in [-0.3, -0.25) is 10.1 Å². The molecule has 0 radical (unpaired) electrons. The Kier molecular flexibility index (Phi) is 3.28. The van der Waals surface area contributed by atoms with Crippen LogP contribution in [-0.4, -0.2) is 46.0 Å². The van der Waals surface area contributed by atoms with Crippen LogP contribution < -0.4 is 11.1 Å². The first-order chi connectivity index (χ1) is 8.47. The molecule has 1 fully saturated rings. The molecule has 18 heavy (non-hydrogen) atoms. The summed E-state index contributed by atoms with van der Waals surface area (Å²) in [6.07, 6.45) is 0.927. The largest absolute Gasteiger partial charge is 0.368 e. The second-order valence-corrected chi connectivity index (χ2v) is 4.51. The van der Waals surface area contributed by atoms with Crippen LogP contribution in [0.5, 0.6) is 0 Å². The van der Waals surface area contributed by atoms with Gasteiger partial charge in [0.15, 0.2) is 0 Å². The van der Waals surface area contributed by atoms with Gasteiger partial charge >= 0.3 is 5.69 Å². The zero-order valence-corrected chi connectivity index (χ0v) is 10.4. The van der Waals surface area contributed by atoms with Crippen molar-refractivity contribution in [3.05, 3.63) is 15.8 Å². The Bertz CT molecular complexity index is 478. The number of likely N-dealkylation sites (N-methyl/N-ethyl adjacent to an activating group) is 1. The molecule has 1 aliphatic rings. The number of rotatable bonds is 3. The third-order valence-corrected chi connectivity index (χ3v) is 2.99. The third kappa shape index (κ3) is 2.48. The SMILES string of the molecule is Cc1nc(N)nc(NC2CCN(C)C2)c1[N+](=O)[O-]. The summed E-state index contributed by atoms with van der Waals surface area (Å²) in [7, 11) is 2.01. The molecule has 0 spiro atoms. The lowest BCUT2D eigenvalue weighted by atomic mass is 10.2. The van der Waals surface area contributed by atoms with Crippen LogP contribution in [0, 0.1) is 17.0 Å². The van der Waals surface area contributed by atoms with E-state index in [1.807, 2.05) is 7.05 Å². The number of nitrogens with two attached hydrogens (primary N) is 1. The van der Waals surface area contributed by atoms with Crippen LogP contribution in [0.25, 0.3) is 0 Å². The highest BCUT2D eigenvalue weighted by molar-refractivity contribution is 5.60. The number of likely N-dealkylation sites (tertiary alicyclic amines) is 1. The van der Waals surface area contributed by atoms with Crippen molar-refractivity contribution in [3.8, 4) is 0 Å². The number of hydrogen-bond acceptors (Lipinski definition) is 7. The topological polar surface area (TPSA) is 110 Å². The molecule has 8 nitrogen and oxygen atoms in total. The van der Waals surface area contributed by atoms with Crippen LogP contribution in [0.1, 0.15) is 12.1 Å². The van der Waals surface area contributed by atoms with Gasteiger partial charge in [0, 0.05) is 12.6 Å². The Labute approximate surface area is 104 Å². The van der Waals surface area contributed by atoms with Crippen molar-refractivity contribution in [3.63, 3.8) is 0 Å². The second-order valence-electron chi connectivity index (χ2n) is 4.51. The Morgan fingerprint density at radius 2 is 2.28 bits per heavy atom. The zero-order chi connectivity index (χ0) is 13.3. The number of nitro groups is 1. The van der Waals surface area contributed by atoms with Gasteiger partial charge < -0.3 is 16.0 Å². The van der Waals surface area contributed by atoms with Gasteiger partial charge in [0.2, 0.25) is 11.8 Å². The third-order valence-electron chi connectivity index (χ3n) is 2.99. The molecule has 8 heteroatoms. The monoisotopic (exact) mass is 252 g/mol. The Morgan fingerprint density at radius 1 is 1.56 bits per heavy atom. The first kappa shape index (κ1) is 12.5. The van der Waals surface area contributed by atoms with E-state index in [0.717, 1.165) is 19.5 Å². The summed E-state index contributed by atoms with van der Waals surface area (Å²) in [6.45, 7) is 3.35. The Balaban J connectivity index is 2.28. The molecule has 2 heterocycles. The van der Waals surface area contributed by atoms with E-state index < -0.39 is 4.92 Å². The molecule has 0 aromatic carbocycles. The van der Waals surface area contributed by atoms with Gasteiger partial charge in [0.25, 0.3) is 0 Å². The maximum absolute atomic E-state index is 11.0. The predicted octanol–water partition coefficient (Wildman–Crippen LogP) is 0.391. The average Bonchev–Trinajstić information content (AvgIpc) is 2.62. The summed E-state index contributed by atoms with van der Waals surface area (Å²) in [5.41, 5.74) is 5.72. The molecule has 0 amide bonds. The van der Waals surface area contributed by atoms with Crippen molar-refractivity contribution in [1.82, 2.24) is 14.9 Å². The van der Waals surface area contributed by atoms with Crippen molar-refractivity contribution in [2.75, 3.05) is 31.2 Å². The summed E-state index contributed by atoms with van der Waals surface area (Å²) in [4.78, 5) is 20.5. The fourth-order valence-electron chi connectivity index (χ4n) is 2.15. The number of anilines is 2. The first-order valence-corrected chi connectivity index (χ1v) is 5.71. The second kappa shape index (κ2) is 4.73. The quantitative estimate of drug-likeness (QED) is 0.591. The minimum atomic E-state index is -0.476. The summed E-state index contributed by atoms with van der Waals surface area (Å²) >= 11 is 0. The number of aromatic nitrogens is 2. The normalized spacial score (nSPS) is 20.0. The number of aryl methyl sites for hydroxylation is 1. The van der Waals surface area contributed by atoms with Crippen molar-refractivity contribution < 1.29 is 4.92 Å². The van der Waals surface area contributed by atoms with Crippen molar-refractivity contribution in [2.45, 2.75) is 19.4 Å². The zero-order valence-electron chi connectivity index (χ0n) is 10.4. The fraction of sp³-hybridized carbons (Fsp3) is 0.600. The van der Waals surface area contributed by atoms with Crippen LogP contribution in [0.2, 0.25) is 0 Å². The lowest BCUT2D eigenvalue weighted by Gasteiger charge is -2.14. The van der Waals surface area contributed by atoms with E-state index in [1.54, 1.807) is 6.92 Å². The van der Waals surface area contributed by atoms with Crippen LogP contribution in [0.15, 0.2) is 0 Å². The summed E-state index contributed by atoms with van der Waals surface area (Å²) < 4.78 is 0. The Hall–Kier alpha value is -1.96. The molecule has 1 aromatic rings. The molecule has 3 N–H and O–H groups in total. The molecule has 98 valence electrons. The van der Waals surface area contributed by atoms with E-state index in [-0.39, 0.29) is 29.2 Å². The van der Waals surface area contributed by atoms with E-state index >= 15 is 0 Å². The molecule has 0 saturated carbocycles.